The van der Waals surface area contributed by atoms with Crippen molar-refractivity contribution in [2.24, 2.45) is 17.8 Å². The molecule has 1 saturated carbocycles. The van der Waals surface area contributed by atoms with E-state index >= 15 is 0 Å². The summed E-state index contributed by atoms with van der Waals surface area (Å²) in [5, 5.41) is 0. The molecule has 0 radical (unpaired) electrons. The van der Waals surface area contributed by atoms with Gasteiger partial charge in [0, 0.05) is 39.8 Å². The fraction of sp³-hybridized carbons (Fsp3) is 0.882. The number of methoxy groups -OCH3 is 2. The second-order valence-corrected chi connectivity index (χ2v) is 7.51. The van der Waals surface area contributed by atoms with Crippen molar-refractivity contribution in [3.05, 3.63) is 0 Å². The van der Waals surface area contributed by atoms with Gasteiger partial charge >= 0.3 is 6.09 Å². The Morgan fingerprint density at radius 2 is 1.75 bits per heavy atom. The number of amides is 1. The maximum Gasteiger partial charge on any atom is 0.410 e. The highest BCUT2D eigenvalue weighted by Crippen LogP contribution is 2.52. The number of rotatable bonds is 8. The maximum absolute atomic E-state index is 12.4. The van der Waals surface area contributed by atoms with Gasteiger partial charge in [-0.3, -0.25) is 9.69 Å². The van der Waals surface area contributed by atoms with Gasteiger partial charge in [0.25, 0.3) is 0 Å². The number of nitrogens with zero attached hydrogens (tertiary/aromatic N) is 2. The van der Waals surface area contributed by atoms with Gasteiger partial charge in [0.05, 0.1) is 0 Å². The van der Waals surface area contributed by atoms with Crippen LogP contribution in [0, 0.1) is 17.8 Å². The molecule has 2 aliphatic rings. The van der Waals surface area contributed by atoms with E-state index in [0.29, 0.717) is 37.9 Å². The minimum Gasteiger partial charge on any atom is -0.443 e. The van der Waals surface area contributed by atoms with Crippen LogP contribution in [0.2, 0.25) is 0 Å². The third kappa shape index (κ3) is 4.26. The third-order valence-corrected chi connectivity index (χ3v) is 5.11. The number of hydrogen-bond acceptors (Lipinski definition) is 6. The minimum atomic E-state index is -0.579. The Balaban J connectivity index is 1.76. The van der Waals surface area contributed by atoms with Gasteiger partial charge in [0.2, 0.25) is 6.41 Å². The van der Waals surface area contributed by atoms with Crippen molar-refractivity contribution >= 4 is 11.9 Å². The molecule has 1 aliphatic heterocycles. The molecule has 1 heterocycles. The largest absolute Gasteiger partial charge is 0.443 e. The molecule has 0 aromatic rings. The van der Waals surface area contributed by atoms with Gasteiger partial charge in [-0.2, -0.15) is 0 Å². The van der Waals surface area contributed by atoms with Crippen LogP contribution in [0.25, 0.3) is 0 Å². The van der Waals surface area contributed by atoms with Crippen LogP contribution in [0.5, 0.6) is 0 Å². The molecule has 24 heavy (non-hydrogen) atoms. The zero-order valence-corrected chi connectivity index (χ0v) is 15.6. The van der Waals surface area contributed by atoms with Crippen LogP contribution in [0.1, 0.15) is 27.2 Å². The summed E-state index contributed by atoms with van der Waals surface area (Å²) < 4.78 is 16.1. The fourth-order valence-corrected chi connectivity index (χ4v) is 3.64. The number of ketones is 1. The minimum absolute atomic E-state index is 0.163. The Kier molecular flexibility index (Phi) is 5.88. The molecule has 1 aliphatic carbocycles. The Labute approximate surface area is 144 Å². The van der Waals surface area contributed by atoms with Crippen LogP contribution < -0.4 is 0 Å². The van der Waals surface area contributed by atoms with E-state index in [-0.39, 0.29) is 17.8 Å². The van der Waals surface area contributed by atoms with Crippen LogP contribution in [0.4, 0.5) is 4.79 Å². The number of hydrogen-bond donors (Lipinski definition) is 0. The lowest BCUT2D eigenvalue weighted by atomic mass is 10.1. The summed E-state index contributed by atoms with van der Waals surface area (Å²) in [5.74, 6) is 1.09. The molecule has 3 atom stereocenters. The van der Waals surface area contributed by atoms with E-state index in [1.54, 1.807) is 26.0 Å². The van der Waals surface area contributed by atoms with Gasteiger partial charge in [0.15, 0.2) is 0 Å². The molecule has 0 aromatic carbocycles. The van der Waals surface area contributed by atoms with E-state index in [2.05, 4.69) is 0 Å². The lowest BCUT2D eigenvalue weighted by Gasteiger charge is -2.32. The first kappa shape index (κ1) is 19.1. The summed E-state index contributed by atoms with van der Waals surface area (Å²) in [6.07, 6.45) is -0.0345. The monoisotopic (exact) mass is 342 g/mol. The summed E-state index contributed by atoms with van der Waals surface area (Å²) in [6.45, 7) is 7.40. The number of fused-ring (bicyclic) bond motifs is 1. The number of piperidine rings is 1. The number of Topliss-reactive ketones (excluding diaryl/α,β-unsaturated/α-hetero) is 1. The Morgan fingerprint density at radius 1 is 1.21 bits per heavy atom. The molecule has 2 fully saturated rings. The highest BCUT2D eigenvalue weighted by molar-refractivity contribution is 5.83. The van der Waals surface area contributed by atoms with Crippen LogP contribution in [-0.2, 0) is 19.0 Å². The van der Waals surface area contributed by atoms with Gasteiger partial charge in [-0.1, -0.05) is 0 Å². The van der Waals surface area contributed by atoms with E-state index in [0.717, 1.165) is 0 Å². The second-order valence-electron chi connectivity index (χ2n) is 7.51. The van der Waals surface area contributed by atoms with Crippen molar-refractivity contribution in [3.8, 4) is 0 Å². The molecule has 0 spiro atoms. The topological polar surface area (TPSA) is 68.3 Å². The normalized spacial score (nSPS) is 26.0. The van der Waals surface area contributed by atoms with Gasteiger partial charge in [-0.05, 0) is 46.1 Å². The summed E-state index contributed by atoms with van der Waals surface area (Å²) in [6, 6.07) is 0. The van der Waals surface area contributed by atoms with E-state index in [1.807, 2.05) is 25.8 Å². The highest BCUT2D eigenvalue weighted by Gasteiger charge is 2.59. The molecule has 0 bridgehead atoms. The molecular weight excluding hydrogens is 312 g/mol. The van der Waals surface area contributed by atoms with E-state index in [1.165, 1.54) is 0 Å². The smallest absolute Gasteiger partial charge is 0.410 e. The van der Waals surface area contributed by atoms with E-state index in [4.69, 9.17) is 14.2 Å². The fourth-order valence-electron chi connectivity index (χ4n) is 3.64. The standard InChI is InChI=1S/C17H30N2O5/c1-11(20)14-12-9-19(10-13(12)14)15(21)24-17(2,3)7-8-18(4)16(22-5)23-6/h12-14,16H,7-10H2,1-6H3/t12-,13+,14?. The predicted molar refractivity (Wildman–Crippen MR) is 88.3 cm³/mol. The first-order chi connectivity index (χ1) is 11.2. The number of carbonyl (C=O) groups excluding carboxylic acids is 2. The summed E-state index contributed by atoms with van der Waals surface area (Å²) in [4.78, 5) is 27.4. The summed E-state index contributed by atoms with van der Waals surface area (Å²) >= 11 is 0. The predicted octanol–water partition coefficient (Wildman–Crippen LogP) is 1.57. The number of ether oxygens (including phenoxy) is 3. The zero-order valence-electron chi connectivity index (χ0n) is 15.6. The zero-order chi connectivity index (χ0) is 18.1. The van der Waals surface area contributed by atoms with Crippen LogP contribution in [0.15, 0.2) is 0 Å². The van der Waals surface area contributed by atoms with Gasteiger partial charge in [0.1, 0.15) is 11.4 Å². The van der Waals surface area contributed by atoms with Crippen molar-refractivity contribution < 1.29 is 23.8 Å². The first-order valence-corrected chi connectivity index (χ1v) is 8.44. The molecule has 7 heteroatoms. The van der Waals surface area contributed by atoms with E-state index < -0.39 is 12.0 Å². The molecule has 7 nitrogen and oxygen atoms in total. The van der Waals surface area contributed by atoms with Crippen LogP contribution in [0.3, 0.4) is 0 Å². The second kappa shape index (κ2) is 7.37. The van der Waals surface area contributed by atoms with Crippen LogP contribution >= 0.6 is 0 Å². The summed E-state index contributed by atoms with van der Waals surface area (Å²) in [5.41, 5.74) is -0.579. The molecule has 0 aromatic heterocycles. The quantitative estimate of drug-likeness (QED) is 0.624. The SMILES string of the molecule is COC(OC)N(C)CCC(C)(C)OC(=O)N1C[C@@H]2C(C(C)=O)[C@@H]2C1. The first-order valence-electron chi connectivity index (χ1n) is 8.44. The molecule has 138 valence electrons. The molecule has 0 N–H and O–H groups in total. The lowest BCUT2D eigenvalue weighted by Crippen LogP contribution is -2.42. The Bertz CT molecular complexity index is 466. The van der Waals surface area contributed by atoms with Crippen molar-refractivity contribution in [1.82, 2.24) is 9.80 Å². The summed E-state index contributed by atoms with van der Waals surface area (Å²) in [7, 11) is 5.07. The lowest BCUT2D eigenvalue weighted by molar-refractivity contribution is -0.190. The number of carbonyl (C=O) groups is 2. The van der Waals surface area contributed by atoms with Crippen molar-refractivity contribution in [3.63, 3.8) is 0 Å². The average Bonchev–Trinajstić information content (AvgIpc) is 3.02. The molecule has 1 saturated heterocycles. The van der Waals surface area contributed by atoms with Gasteiger partial charge < -0.3 is 19.1 Å². The average molecular weight is 342 g/mol. The molecular formula is C17H30N2O5. The Morgan fingerprint density at radius 3 is 2.21 bits per heavy atom. The van der Waals surface area contributed by atoms with Crippen molar-refractivity contribution in [1.29, 1.82) is 0 Å². The van der Waals surface area contributed by atoms with E-state index in [9.17, 15) is 9.59 Å². The van der Waals surface area contributed by atoms with Crippen molar-refractivity contribution in [2.75, 3.05) is 40.9 Å². The number of likely N-dealkylation sites (tertiary alicyclic amines) is 1. The highest BCUT2D eigenvalue weighted by atomic mass is 16.7. The molecule has 2 rings (SSSR count). The molecule has 1 amide bonds. The van der Waals surface area contributed by atoms with Gasteiger partial charge in [-0.25, -0.2) is 4.79 Å². The maximum atomic E-state index is 12.4. The third-order valence-electron chi connectivity index (χ3n) is 5.11. The molecule has 1 unspecified atom stereocenters. The van der Waals surface area contributed by atoms with Crippen LogP contribution in [-0.4, -0.2) is 74.6 Å². The van der Waals surface area contributed by atoms with Crippen molar-refractivity contribution in [2.45, 2.75) is 39.2 Å². The Hall–Kier alpha value is -1.18. The van der Waals surface area contributed by atoms with Gasteiger partial charge in [-0.15, -0.1) is 0 Å².